The van der Waals surface area contributed by atoms with Crippen molar-refractivity contribution in [3.8, 4) is 33.7 Å². The quantitative estimate of drug-likeness (QED) is 0.166. The molecule has 4 atom stereocenters. The van der Waals surface area contributed by atoms with Crippen LogP contribution in [0.5, 0.6) is 5.75 Å². The van der Waals surface area contributed by atoms with Gasteiger partial charge in [0, 0.05) is 105 Å². The van der Waals surface area contributed by atoms with E-state index in [4.69, 9.17) is 9.15 Å². The van der Waals surface area contributed by atoms with Crippen molar-refractivity contribution >= 4 is 51.0 Å². The van der Waals surface area contributed by atoms with Crippen LogP contribution < -0.4 is 9.64 Å². The third-order valence-corrected chi connectivity index (χ3v) is 15.7. The Balaban J connectivity index is 0.791. The lowest BCUT2D eigenvalue weighted by Gasteiger charge is -2.31. The van der Waals surface area contributed by atoms with Crippen molar-refractivity contribution < 1.29 is 9.15 Å². The molecule has 4 aromatic heterocycles. The van der Waals surface area contributed by atoms with E-state index >= 15 is 0 Å². The predicted molar refractivity (Wildman–Crippen MR) is 282 cm³/mol. The van der Waals surface area contributed by atoms with E-state index in [2.05, 4.69) is 189 Å². The number of allylic oxidation sites excluding steroid dienone is 6. The highest BCUT2D eigenvalue weighted by atomic mass is 16.5. The number of hydrogen-bond acceptors (Lipinski definition) is 5. The van der Waals surface area contributed by atoms with Gasteiger partial charge in [-0.25, -0.2) is 0 Å². The zero-order valence-electron chi connectivity index (χ0n) is 38.4. The number of benzene rings is 5. The molecule has 6 heterocycles. The molecule has 6 aliphatic rings. The highest BCUT2D eigenvalue weighted by Crippen LogP contribution is 2.51. The van der Waals surface area contributed by atoms with Crippen LogP contribution in [-0.2, 0) is 12.8 Å². The molecule has 15 rings (SSSR count). The molecule has 0 N–H and O–H groups in total. The van der Waals surface area contributed by atoms with E-state index in [1.54, 1.807) is 6.20 Å². The van der Waals surface area contributed by atoms with Crippen molar-refractivity contribution in [2.24, 2.45) is 5.92 Å². The van der Waals surface area contributed by atoms with Crippen molar-refractivity contribution in [3.63, 3.8) is 0 Å². The highest BCUT2D eigenvalue weighted by molar-refractivity contribution is 5.97. The summed E-state index contributed by atoms with van der Waals surface area (Å²) < 4.78 is 15.3. The average molecular weight is 903 g/mol. The van der Waals surface area contributed by atoms with Crippen molar-refractivity contribution in [1.82, 2.24) is 14.5 Å². The van der Waals surface area contributed by atoms with Gasteiger partial charge >= 0.3 is 0 Å². The van der Waals surface area contributed by atoms with Gasteiger partial charge in [0.1, 0.15) is 23.2 Å². The van der Waals surface area contributed by atoms with Gasteiger partial charge in [-0.15, -0.1) is 0 Å². The van der Waals surface area contributed by atoms with E-state index in [-0.39, 0.29) is 24.0 Å². The zero-order valence-corrected chi connectivity index (χ0v) is 38.4. The lowest BCUT2D eigenvalue weighted by Crippen LogP contribution is -2.29. The summed E-state index contributed by atoms with van der Waals surface area (Å²) in [6.07, 6.45) is 30.1. The summed E-state index contributed by atoms with van der Waals surface area (Å²) in [4.78, 5) is 11.3. The predicted octanol–water partition coefficient (Wildman–Crippen LogP) is 15.0. The maximum Gasteiger partial charge on any atom is 0.137 e. The Bertz CT molecular complexity index is 3840. The van der Waals surface area contributed by atoms with E-state index in [0.29, 0.717) is 0 Å². The van der Waals surface area contributed by atoms with Crippen LogP contribution in [0.3, 0.4) is 0 Å². The Morgan fingerprint density at radius 3 is 2.30 bits per heavy atom. The van der Waals surface area contributed by atoms with Gasteiger partial charge in [0.25, 0.3) is 0 Å². The minimum absolute atomic E-state index is 0.0276. The molecule has 0 saturated carbocycles. The van der Waals surface area contributed by atoms with Crippen LogP contribution in [-0.4, -0.2) is 26.7 Å². The molecular weight excluding hydrogens is 857 g/mol. The van der Waals surface area contributed by atoms with Crippen LogP contribution in [0.1, 0.15) is 52.5 Å². The van der Waals surface area contributed by atoms with E-state index in [9.17, 15) is 0 Å². The van der Waals surface area contributed by atoms with Crippen LogP contribution in [0.25, 0.3) is 67.5 Å². The molecule has 0 bridgehead atoms. The van der Waals surface area contributed by atoms with Gasteiger partial charge in [0.2, 0.25) is 0 Å². The first-order chi connectivity index (χ1) is 34.7. The van der Waals surface area contributed by atoms with Gasteiger partial charge in [-0.2, -0.15) is 0 Å². The number of anilines is 2. The maximum atomic E-state index is 6.46. The number of para-hydroxylation sites is 2. The number of hydrogen-bond donors (Lipinski definition) is 0. The number of pyridine rings is 2. The Morgan fingerprint density at radius 1 is 0.614 bits per heavy atom. The van der Waals surface area contributed by atoms with Crippen LogP contribution in [0.15, 0.2) is 216 Å². The normalized spacial score (nSPS) is 20.4. The lowest BCUT2D eigenvalue weighted by atomic mass is 9.80. The molecule has 4 aliphatic carbocycles. The molecule has 0 amide bonds. The van der Waals surface area contributed by atoms with Crippen molar-refractivity contribution in [2.75, 3.05) is 4.90 Å². The molecule has 0 fully saturated rings. The third-order valence-electron chi connectivity index (χ3n) is 15.7. The standard InChI is InChI=1S/C64H46N4O2/c1-3-10-47(11-4-1)67-57-22-16-41(31-51(57)53-33-43(18-24-59(53)67)45-14-20-49-55-37-65-28-26-61(55)69-63(49)35-45)39-8-7-9-40(30-39)42-17-23-58-52(32-42)54-34-44(19-25-60(54)68(58)48-12-5-2-6-13-48)46-15-21-50-56-38-66-29-27-62(56)70-64(50)36-46/h1-18,20-24,26-34,37-38,45,53,59,64H,19,25,35-36H2. The van der Waals surface area contributed by atoms with E-state index in [0.717, 1.165) is 59.3 Å². The number of furan rings is 1. The van der Waals surface area contributed by atoms with Crippen molar-refractivity contribution in [3.05, 3.63) is 245 Å². The number of aromatic nitrogens is 3. The highest BCUT2D eigenvalue weighted by Gasteiger charge is 2.40. The molecule has 4 unspecified atom stereocenters. The lowest BCUT2D eigenvalue weighted by molar-refractivity contribution is 0.275. The van der Waals surface area contributed by atoms with Gasteiger partial charge in [-0.05, 0) is 130 Å². The smallest absolute Gasteiger partial charge is 0.137 e. The second-order valence-corrected chi connectivity index (χ2v) is 19.5. The van der Waals surface area contributed by atoms with E-state index in [1.165, 1.54) is 89.3 Å². The summed E-state index contributed by atoms with van der Waals surface area (Å²) in [6.45, 7) is 0. The van der Waals surface area contributed by atoms with E-state index < -0.39 is 0 Å². The van der Waals surface area contributed by atoms with Crippen LogP contribution >= 0.6 is 0 Å². The molecule has 6 heteroatoms. The Morgan fingerprint density at radius 2 is 1.41 bits per heavy atom. The molecule has 70 heavy (non-hydrogen) atoms. The number of fused-ring (bicyclic) bond motifs is 12. The number of ether oxygens (including phenoxy) is 1. The minimum Gasteiger partial charge on any atom is -0.485 e. The summed E-state index contributed by atoms with van der Waals surface area (Å²) in [7, 11) is 0. The first kappa shape index (κ1) is 39.5. The zero-order chi connectivity index (χ0) is 45.9. The van der Waals surface area contributed by atoms with Gasteiger partial charge in [0.05, 0.1) is 11.6 Å². The average Bonchev–Trinajstić information content (AvgIpc) is 4.18. The fourth-order valence-corrected chi connectivity index (χ4v) is 12.4. The Labute approximate surface area is 406 Å². The third kappa shape index (κ3) is 6.19. The second kappa shape index (κ2) is 15.5. The molecule has 0 spiro atoms. The molecule has 0 radical (unpaired) electrons. The van der Waals surface area contributed by atoms with E-state index in [1.807, 2.05) is 30.7 Å². The SMILES string of the molecule is C1=CC2C(C=C1C1C=Cc3c(oc4ccncc34)C1)c1cc(-c3cccc(-c4ccc5c(c4)c4c(n5-c5ccccc5)CCC(C5=CC=C6c7cnccc7OC6C5)=C4)c3)ccc1N2c1ccccc1. The molecule has 2 aliphatic heterocycles. The first-order valence-corrected chi connectivity index (χ1v) is 24.6. The van der Waals surface area contributed by atoms with Gasteiger partial charge in [0.15, 0.2) is 0 Å². The van der Waals surface area contributed by atoms with Crippen LogP contribution in [0, 0.1) is 5.92 Å². The summed E-state index contributed by atoms with van der Waals surface area (Å²) in [6, 6.07) is 49.2. The van der Waals surface area contributed by atoms with Crippen molar-refractivity contribution in [2.45, 2.75) is 43.7 Å². The monoisotopic (exact) mass is 902 g/mol. The second-order valence-electron chi connectivity index (χ2n) is 19.5. The number of nitrogens with zero attached hydrogens (tertiary/aromatic N) is 4. The van der Waals surface area contributed by atoms with Crippen molar-refractivity contribution in [1.29, 1.82) is 0 Å². The number of rotatable bonds is 6. The summed E-state index contributed by atoms with van der Waals surface area (Å²) in [5, 5.41) is 2.36. The van der Waals surface area contributed by atoms with Crippen LogP contribution in [0.2, 0.25) is 0 Å². The Hall–Kier alpha value is -8.48. The van der Waals surface area contributed by atoms with Gasteiger partial charge in [-0.3, -0.25) is 9.97 Å². The van der Waals surface area contributed by atoms with Gasteiger partial charge < -0.3 is 18.6 Å². The van der Waals surface area contributed by atoms with Crippen LogP contribution in [0.4, 0.5) is 11.4 Å². The fraction of sp³-hybridized carbons (Fsp3) is 0.125. The first-order valence-electron chi connectivity index (χ1n) is 24.6. The summed E-state index contributed by atoms with van der Waals surface area (Å²) in [5.41, 5.74) is 22.3. The molecule has 5 aromatic carbocycles. The van der Waals surface area contributed by atoms with Gasteiger partial charge in [-0.1, -0.05) is 109 Å². The topological polar surface area (TPSA) is 56.3 Å². The maximum absolute atomic E-state index is 6.46. The molecule has 9 aromatic rings. The fourth-order valence-electron chi connectivity index (χ4n) is 12.4. The summed E-state index contributed by atoms with van der Waals surface area (Å²) in [5.74, 6) is 2.40. The molecule has 6 nitrogen and oxygen atoms in total. The molecule has 0 saturated heterocycles. The molecule has 334 valence electrons. The minimum atomic E-state index is 0.0276. The molecular formula is C64H46N4O2. The summed E-state index contributed by atoms with van der Waals surface area (Å²) >= 11 is 0. The largest absolute Gasteiger partial charge is 0.485 e. The Kier molecular flexibility index (Phi) is 8.76.